The second-order valence-electron chi connectivity index (χ2n) is 4.51. The van der Waals surface area contributed by atoms with E-state index in [1.54, 1.807) is 24.4 Å². The molecule has 0 saturated heterocycles. The number of aliphatic imine (C=N–C) groups is 1. The molecular weight excluding hydrogens is 248 g/mol. The van der Waals surface area contributed by atoms with Gasteiger partial charge in [-0.1, -0.05) is 24.3 Å². The van der Waals surface area contributed by atoms with Crippen molar-refractivity contribution in [1.82, 2.24) is 0 Å². The zero-order chi connectivity index (χ0) is 14.4. The Morgan fingerprint density at radius 1 is 1.00 bits per heavy atom. The largest absolute Gasteiger partial charge is 0.506 e. The maximum absolute atomic E-state index is 9.65. The maximum Gasteiger partial charge on any atom is 0.141 e. The number of hydrogen-bond donors (Lipinski definition) is 1. The maximum atomic E-state index is 9.65. The number of rotatable bonds is 5. The van der Waals surface area contributed by atoms with Gasteiger partial charge in [0.05, 0.1) is 0 Å². The first-order chi connectivity index (χ1) is 9.74. The fraction of sp³-hybridized carbons (Fsp3) is 0.235. The van der Waals surface area contributed by atoms with Gasteiger partial charge in [-0.2, -0.15) is 0 Å². The topological polar surface area (TPSA) is 35.8 Å². The van der Waals surface area contributed by atoms with Gasteiger partial charge in [-0.15, -0.1) is 0 Å². The third-order valence-corrected chi connectivity index (χ3v) is 3.26. The molecule has 2 rings (SSSR count). The van der Waals surface area contributed by atoms with E-state index >= 15 is 0 Å². The van der Waals surface area contributed by atoms with E-state index in [1.165, 1.54) is 5.69 Å². The summed E-state index contributed by atoms with van der Waals surface area (Å²) >= 11 is 0. The van der Waals surface area contributed by atoms with Crippen LogP contribution in [0.3, 0.4) is 0 Å². The molecule has 0 spiro atoms. The van der Waals surface area contributed by atoms with E-state index in [-0.39, 0.29) is 5.75 Å². The molecule has 2 aromatic rings. The number of phenolic OH excluding ortho intramolecular Hbond substituents is 1. The summed E-state index contributed by atoms with van der Waals surface area (Å²) in [5.74, 6) is 0.198. The average molecular weight is 268 g/mol. The van der Waals surface area contributed by atoms with Crippen LogP contribution in [-0.2, 0) is 0 Å². The van der Waals surface area contributed by atoms with Gasteiger partial charge in [0.25, 0.3) is 0 Å². The first-order valence-corrected chi connectivity index (χ1v) is 6.91. The Balaban J connectivity index is 2.13. The number of benzene rings is 2. The fourth-order valence-corrected chi connectivity index (χ4v) is 2.08. The fourth-order valence-electron chi connectivity index (χ4n) is 2.08. The smallest absolute Gasteiger partial charge is 0.141 e. The highest BCUT2D eigenvalue weighted by atomic mass is 16.3. The highest BCUT2D eigenvalue weighted by molar-refractivity contribution is 5.83. The molecule has 0 aliphatic heterocycles. The van der Waals surface area contributed by atoms with Crippen molar-refractivity contribution < 1.29 is 5.11 Å². The van der Waals surface area contributed by atoms with E-state index in [0.29, 0.717) is 5.69 Å². The molecule has 0 radical (unpaired) electrons. The first kappa shape index (κ1) is 14.1. The summed E-state index contributed by atoms with van der Waals surface area (Å²) in [7, 11) is 0. The van der Waals surface area contributed by atoms with Crippen LogP contribution in [0.25, 0.3) is 0 Å². The molecule has 0 aliphatic rings. The first-order valence-electron chi connectivity index (χ1n) is 6.91. The van der Waals surface area contributed by atoms with Crippen LogP contribution in [0.1, 0.15) is 19.4 Å². The van der Waals surface area contributed by atoms with Crippen LogP contribution in [0.15, 0.2) is 53.5 Å². The predicted octanol–water partition coefficient (Wildman–Crippen LogP) is 3.99. The Labute approximate surface area is 120 Å². The van der Waals surface area contributed by atoms with Gasteiger partial charge < -0.3 is 10.0 Å². The molecule has 0 fully saturated rings. The number of aromatic hydroxyl groups is 1. The van der Waals surface area contributed by atoms with Crippen LogP contribution in [0.2, 0.25) is 0 Å². The lowest BCUT2D eigenvalue weighted by atomic mass is 10.2. The minimum Gasteiger partial charge on any atom is -0.506 e. The van der Waals surface area contributed by atoms with Crippen molar-refractivity contribution in [2.75, 3.05) is 18.0 Å². The van der Waals surface area contributed by atoms with Crippen LogP contribution >= 0.6 is 0 Å². The molecule has 0 aromatic heterocycles. The molecule has 0 bridgehead atoms. The second-order valence-corrected chi connectivity index (χ2v) is 4.51. The Bertz CT molecular complexity index is 572. The van der Waals surface area contributed by atoms with Crippen LogP contribution in [0.5, 0.6) is 5.75 Å². The van der Waals surface area contributed by atoms with E-state index < -0.39 is 0 Å². The van der Waals surface area contributed by atoms with Gasteiger partial charge in [0.15, 0.2) is 0 Å². The number of hydrogen-bond acceptors (Lipinski definition) is 3. The molecule has 0 aliphatic carbocycles. The quantitative estimate of drug-likeness (QED) is 0.832. The van der Waals surface area contributed by atoms with Crippen molar-refractivity contribution in [3.8, 4) is 5.75 Å². The van der Waals surface area contributed by atoms with E-state index in [9.17, 15) is 5.11 Å². The highest BCUT2D eigenvalue weighted by Crippen LogP contribution is 2.24. The lowest BCUT2D eigenvalue weighted by Gasteiger charge is -2.20. The number of phenols is 1. The summed E-state index contributed by atoms with van der Waals surface area (Å²) in [6.07, 6.45) is 1.76. The van der Waals surface area contributed by atoms with E-state index in [2.05, 4.69) is 35.9 Å². The summed E-state index contributed by atoms with van der Waals surface area (Å²) in [5.41, 5.74) is 2.82. The third kappa shape index (κ3) is 3.38. The van der Waals surface area contributed by atoms with Crippen LogP contribution < -0.4 is 4.90 Å². The van der Waals surface area contributed by atoms with Gasteiger partial charge in [-0.25, -0.2) is 0 Å². The summed E-state index contributed by atoms with van der Waals surface area (Å²) < 4.78 is 0. The number of para-hydroxylation sites is 2. The summed E-state index contributed by atoms with van der Waals surface area (Å²) in [6, 6.07) is 15.3. The Hall–Kier alpha value is -2.29. The number of nitrogens with zero attached hydrogens (tertiary/aromatic N) is 2. The Morgan fingerprint density at radius 2 is 1.65 bits per heavy atom. The molecule has 0 unspecified atom stereocenters. The van der Waals surface area contributed by atoms with Gasteiger partial charge in [-0.05, 0) is 43.7 Å². The molecule has 0 amide bonds. The number of anilines is 1. The van der Waals surface area contributed by atoms with Crippen molar-refractivity contribution in [1.29, 1.82) is 0 Å². The lowest BCUT2D eigenvalue weighted by Crippen LogP contribution is -2.21. The zero-order valence-electron chi connectivity index (χ0n) is 12.0. The molecule has 1 N–H and O–H groups in total. The van der Waals surface area contributed by atoms with E-state index in [0.717, 1.165) is 18.7 Å². The minimum atomic E-state index is 0.198. The summed E-state index contributed by atoms with van der Waals surface area (Å²) in [4.78, 5) is 6.60. The van der Waals surface area contributed by atoms with Crippen LogP contribution in [0, 0.1) is 0 Å². The minimum absolute atomic E-state index is 0.198. The Kier molecular flexibility index (Phi) is 4.77. The lowest BCUT2D eigenvalue weighted by molar-refractivity contribution is 0.477. The second kappa shape index (κ2) is 6.75. The van der Waals surface area contributed by atoms with Gasteiger partial charge in [0.2, 0.25) is 0 Å². The van der Waals surface area contributed by atoms with Gasteiger partial charge in [0.1, 0.15) is 11.4 Å². The normalized spacial score (nSPS) is 10.9. The SMILES string of the molecule is CCN(CC)c1ccc(/C=N/c2ccccc2O)cc1. The van der Waals surface area contributed by atoms with Gasteiger partial charge >= 0.3 is 0 Å². The van der Waals surface area contributed by atoms with Crippen LogP contribution in [0.4, 0.5) is 11.4 Å². The van der Waals surface area contributed by atoms with Crippen LogP contribution in [-0.4, -0.2) is 24.4 Å². The summed E-state index contributed by atoms with van der Waals surface area (Å²) in [5, 5.41) is 9.65. The van der Waals surface area contributed by atoms with Gasteiger partial charge in [-0.3, -0.25) is 4.99 Å². The molecule has 0 heterocycles. The van der Waals surface area contributed by atoms with Crippen molar-refractivity contribution in [3.05, 3.63) is 54.1 Å². The van der Waals surface area contributed by atoms with Crippen molar-refractivity contribution in [3.63, 3.8) is 0 Å². The third-order valence-electron chi connectivity index (χ3n) is 3.26. The van der Waals surface area contributed by atoms with Crippen molar-refractivity contribution >= 4 is 17.6 Å². The summed E-state index contributed by atoms with van der Waals surface area (Å²) in [6.45, 7) is 6.30. The molecule has 0 saturated carbocycles. The molecule has 3 heteroatoms. The Morgan fingerprint density at radius 3 is 2.25 bits per heavy atom. The monoisotopic (exact) mass is 268 g/mol. The highest BCUT2D eigenvalue weighted by Gasteiger charge is 2.00. The van der Waals surface area contributed by atoms with E-state index in [4.69, 9.17) is 0 Å². The van der Waals surface area contributed by atoms with Crippen molar-refractivity contribution in [2.24, 2.45) is 4.99 Å². The van der Waals surface area contributed by atoms with Gasteiger partial charge in [0, 0.05) is 25.0 Å². The molecule has 2 aromatic carbocycles. The predicted molar refractivity (Wildman–Crippen MR) is 85.4 cm³/mol. The average Bonchev–Trinajstić information content (AvgIpc) is 2.49. The molecule has 3 nitrogen and oxygen atoms in total. The standard InChI is InChI=1S/C17H20N2O/c1-3-19(4-2)15-11-9-14(10-12-15)13-18-16-7-5-6-8-17(16)20/h5-13,20H,3-4H2,1-2H3/b18-13+. The molecule has 0 atom stereocenters. The zero-order valence-corrected chi connectivity index (χ0v) is 12.0. The molecular formula is C17H20N2O. The molecule has 104 valence electrons. The van der Waals surface area contributed by atoms with E-state index in [1.807, 2.05) is 18.2 Å². The van der Waals surface area contributed by atoms with Crippen molar-refractivity contribution in [2.45, 2.75) is 13.8 Å². The molecule has 20 heavy (non-hydrogen) atoms.